The van der Waals surface area contributed by atoms with Crippen LogP contribution in [0.2, 0.25) is 5.02 Å². The third-order valence-electron chi connectivity index (χ3n) is 4.04. The van der Waals surface area contributed by atoms with E-state index in [1.807, 2.05) is 7.05 Å². The average Bonchev–Trinajstić information content (AvgIpc) is 2.91. The van der Waals surface area contributed by atoms with E-state index in [0.717, 1.165) is 30.0 Å². The topological polar surface area (TPSA) is 58.6 Å². The van der Waals surface area contributed by atoms with Crippen molar-refractivity contribution in [3.8, 4) is 0 Å². The number of esters is 1. The molecule has 0 saturated heterocycles. The first-order valence-corrected chi connectivity index (χ1v) is 9.26. The fraction of sp³-hybridized carbons (Fsp3) is 0.333. The summed E-state index contributed by atoms with van der Waals surface area (Å²) in [5.41, 5.74) is 1.93. The Hall–Kier alpha value is -1.89. The molecule has 0 atom stereocenters. The number of halogens is 1. The number of nitrogens with zero attached hydrogens (tertiary/aromatic N) is 1. The predicted octanol–water partition coefficient (Wildman–Crippen LogP) is 3.82. The number of hydrogen-bond donors (Lipinski definition) is 1. The number of fused-ring (bicyclic) bond motifs is 1. The molecule has 132 valence electrons. The number of thiophene rings is 1. The molecule has 1 aromatic carbocycles. The number of hydrogen-bond acceptors (Lipinski definition) is 5. The lowest BCUT2D eigenvalue weighted by Crippen LogP contribution is -2.26. The van der Waals surface area contributed by atoms with E-state index in [1.54, 1.807) is 31.2 Å². The molecule has 0 saturated carbocycles. The number of ether oxygens (including phenoxy) is 1. The van der Waals surface area contributed by atoms with Gasteiger partial charge in [0.2, 0.25) is 0 Å². The number of rotatable bonds is 4. The zero-order chi connectivity index (χ0) is 18.0. The van der Waals surface area contributed by atoms with Crippen molar-refractivity contribution in [1.29, 1.82) is 0 Å². The van der Waals surface area contributed by atoms with Crippen LogP contribution < -0.4 is 5.32 Å². The third kappa shape index (κ3) is 3.86. The van der Waals surface area contributed by atoms with Crippen molar-refractivity contribution in [2.24, 2.45) is 0 Å². The van der Waals surface area contributed by atoms with Crippen LogP contribution in [-0.4, -0.2) is 37.0 Å². The number of anilines is 1. The summed E-state index contributed by atoms with van der Waals surface area (Å²) in [6.45, 7) is 3.71. The fourth-order valence-corrected chi connectivity index (χ4v) is 4.34. The Bertz CT molecular complexity index is 819. The minimum atomic E-state index is -0.383. The van der Waals surface area contributed by atoms with Crippen molar-refractivity contribution in [2.75, 3.05) is 25.5 Å². The first kappa shape index (κ1) is 17.9. The van der Waals surface area contributed by atoms with Gasteiger partial charge in [-0.25, -0.2) is 4.79 Å². The number of nitrogens with one attached hydrogen (secondary N) is 1. The summed E-state index contributed by atoms with van der Waals surface area (Å²) >= 11 is 7.40. The zero-order valence-electron chi connectivity index (χ0n) is 14.1. The second-order valence-corrected chi connectivity index (χ2v) is 7.42. The van der Waals surface area contributed by atoms with Gasteiger partial charge in [0.25, 0.3) is 5.91 Å². The van der Waals surface area contributed by atoms with Crippen molar-refractivity contribution in [3.05, 3.63) is 50.9 Å². The van der Waals surface area contributed by atoms with Gasteiger partial charge in [0, 0.05) is 28.6 Å². The SMILES string of the molecule is CCOC(=O)c1c(NC(=O)c2cccc(Cl)c2)sc2c1CCN(C)C2. The second kappa shape index (κ2) is 7.56. The van der Waals surface area contributed by atoms with E-state index < -0.39 is 0 Å². The van der Waals surface area contributed by atoms with E-state index in [-0.39, 0.29) is 11.9 Å². The number of likely N-dealkylation sites (N-methyl/N-ethyl adjacent to an activating group) is 1. The maximum absolute atomic E-state index is 12.6. The highest BCUT2D eigenvalue weighted by molar-refractivity contribution is 7.17. The van der Waals surface area contributed by atoms with Crippen LogP contribution in [0.25, 0.3) is 0 Å². The van der Waals surface area contributed by atoms with Gasteiger partial charge in [0.15, 0.2) is 0 Å². The van der Waals surface area contributed by atoms with Crippen LogP contribution in [0.5, 0.6) is 0 Å². The molecule has 5 nitrogen and oxygen atoms in total. The van der Waals surface area contributed by atoms with Gasteiger partial charge < -0.3 is 15.0 Å². The predicted molar refractivity (Wildman–Crippen MR) is 99.7 cm³/mol. The highest BCUT2D eigenvalue weighted by atomic mass is 35.5. The molecular formula is C18H19ClN2O3S. The zero-order valence-corrected chi connectivity index (χ0v) is 15.7. The summed E-state index contributed by atoms with van der Waals surface area (Å²) in [7, 11) is 2.04. The van der Waals surface area contributed by atoms with Crippen LogP contribution in [0, 0.1) is 0 Å². The molecule has 1 aliphatic rings. The number of carbonyl (C=O) groups excluding carboxylic acids is 2. The van der Waals surface area contributed by atoms with Crippen LogP contribution in [0.1, 0.15) is 38.1 Å². The van der Waals surface area contributed by atoms with Crippen LogP contribution in [-0.2, 0) is 17.7 Å². The highest BCUT2D eigenvalue weighted by Crippen LogP contribution is 2.37. The van der Waals surface area contributed by atoms with E-state index in [4.69, 9.17) is 16.3 Å². The molecule has 1 aromatic heterocycles. The highest BCUT2D eigenvalue weighted by Gasteiger charge is 2.28. The van der Waals surface area contributed by atoms with Gasteiger partial charge in [-0.2, -0.15) is 0 Å². The van der Waals surface area contributed by atoms with Crippen LogP contribution in [0.4, 0.5) is 5.00 Å². The molecular weight excluding hydrogens is 360 g/mol. The molecule has 3 rings (SSSR count). The molecule has 2 aromatic rings. The lowest BCUT2D eigenvalue weighted by molar-refractivity contribution is 0.0526. The third-order valence-corrected chi connectivity index (χ3v) is 5.41. The first-order chi connectivity index (χ1) is 12.0. The minimum absolute atomic E-state index is 0.292. The summed E-state index contributed by atoms with van der Waals surface area (Å²) in [6.07, 6.45) is 0.767. The Labute approximate surface area is 155 Å². The summed E-state index contributed by atoms with van der Waals surface area (Å²) in [6, 6.07) is 6.72. The van der Waals surface area contributed by atoms with E-state index in [9.17, 15) is 9.59 Å². The van der Waals surface area contributed by atoms with E-state index in [1.165, 1.54) is 11.3 Å². The molecule has 1 amide bonds. The Morgan fingerprint density at radius 1 is 1.40 bits per heavy atom. The van der Waals surface area contributed by atoms with Crippen molar-refractivity contribution >= 4 is 39.8 Å². The molecule has 0 aliphatic carbocycles. The Morgan fingerprint density at radius 2 is 2.20 bits per heavy atom. The minimum Gasteiger partial charge on any atom is -0.462 e. The molecule has 7 heteroatoms. The molecule has 0 radical (unpaired) electrons. The van der Waals surface area contributed by atoms with Gasteiger partial charge in [0.05, 0.1) is 12.2 Å². The summed E-state index contributed by atoms with van der Waals surface area (Å²) in [5.74, 6) is -0.675. The van der Waals surface area contributed by atoms with Gasteiger partial charge in [-0.1, -0.05) is 17.7 Å². The molecule has 0 unspecified atom stereocenters. The van der Waals surface area contributed by atoms with Gasteiger partial charge in [0.1, 0.15) is 5.00 Å². The maximum atomic E-state index is 12.6. The van der Waals surface area contributed by atoms with Crippen molar-refractivity contribution in [1.82, 2.24) is 4.90 Å². The lowest BCUT2D eigenvalue weighted by atomic mass is 10.0. The van der Waals surface area contributed by atoms with Gasteiger partial charge in [-0.3, -0.25) is 4.79 Å². The number of amides is 1. The average molecular weight is 379 g/mol. The molecule has 2 heterocycles. The molecule has 1 aliphatic heterocycles. The van der Waals surface area contributed by atoms with Crippen LogP contribution >= 0.6 is 22.9 Å². The molecule has 0 bridgehead atoms. The quantitative estimate of drug-likeness (QED) is 0.822. The van der Waals surface area contributed by atoms with Gasteiger partial charge in [-0.15, -0.1) is 11.3 Å². The molecule has 1 N–H and O–H groups in total. The van der Waals surface area contributed by atoms with Gasteiger partial charge in [-0.05, 0) is 44.2 Å². The summed E-state index contributed by atoms with van der Waals surface area (Å²) in [5, 5.41) is 3.90. The molecule has 0 spiro atoms. The van der Waals surface area contributed by atoms with E-state index in [0.29, 0.717) is 27.8 Å². The summed E-state index contributed by atoms with van der Waals surface area (Å²) in [4.78, 5) is 28.3. The standard InChI is InChI=1S/C18H19ClN2O3S/c1-3-24-18(23)15-13-7-8-21(2)10-14(13)25-17(15)20-16(22)11-5-4-6-12(19)9-11/h4-6,9H,3,7-8,10H2,1-2H3,(H,20,22). The monoisotopic (exact) mass is 378 g/mol. The Balaban J connectivity index is 1.94. The number of carbonyl (C=O) groups is 2. The molecule has 25 heavy (non-hydrogen) atoms. The van der Waals surface area contributed by atoms with Crippen LogP contribution in [0.3, 0.4) is 0 Å². The first-order valence-electron chi connectivity index (χ1n) is 8.06. The fourth-order valence-electron chi connectivity index (χ4n) is 2.84. The second-order valence-electron chi connectivity index (χ2n) is 5.88. The van der Waals surface area contributed by atoms with Gasteiger partial charge >= 0.3 is 5.97 Å². The smallest absolute Gasteiger partial charge is 0.341 e. The normalized spacial score (nSPS) is 14.0. The maximum Gasteiger partial charge on any atom is 0.341 e. The number of benzene rings is 1. The largest absolute Gasteiger partial charge is 0.462 e. The van der Waals surface area contributed by atoms with Crippen molar-refractivity contribution < 1.29 is 14.3 Å². The summed E-state index contributed by atoms with van der Waals surface area (Å²) < 4.78 is 5.21. The van der Waals surface area contributed by atoms with Crippen LogP contribution in [0.15, 0.2) is 24.3 Å². The van der Waals surface area contributed by atoms with Crippen molar-refractivity contribution in [3.63, 3.8) is 0 Å². The Morgan fingerprint density at radius 3 is 2.92 bits per heavy atom. The van der Waals surface area contributed by atoms with E-state index in [2.05, 4.69) is 10.2 Å². The lowest BCUT2D eigenvalue weighted by Gasteiger charge is -2.22. The Kier molecular flexibility index (Phi) is 5.42. The van der Waals surface area contributed by atoms with Crippen molar-refractivity contribution in [2.45, 2.75) is 19.9 Å². The molecule has 0 fully saturated rings. The van der Waals surface area contributed by atoms with E-state index >= 15 is 0 Å².